The highest BCUT2D eigenvalue weighted by Gasteiger charge is 2.42. The van der Waals surface area contributed by atoms with Crippen molar-refractivity contribution in [2.45, 2.75) is 31.2 Å². The van der Waals surface area contributed by atoms with Crippen LogP contribution in [0.25, 0.3) is 5.57 Å². The van der Waals surface area contributed by atoms with Crippen molar-refractivity contribution < 1.29 is 28.1 Å². The normalized spacial score (nSPS) is 17.5. The highest BCUT2D eigenvalue weighted by atomic mass is 19.3. The van der Waals surface area contributed by atoms with Gasteiger partial charge in [0.1, 0.15) is 5.56 Å². The molecule has 1 fully saturated rings. The van der Waals surface area contributed by atoms with E-state index in [4.69, 9.17) is 0 Å². The smallest absolute Gasteiger partial charge is 0.282 e. The SMILES string of the molecule is CN(C)C1CCN(C(=O)C=C2c3ccccc3N(C(=O)c3ccc(NC(=O)c4ccccc4[N+](=O)[O-])cc3)CCC2(F)F)CC1. The molecule has 2 heterocycles. The molecule has 0 bridgehead atoms. The third-order valence-electron chi connectivity index (χ3n) is 8.28. The molecule has 0 aliphatic carbocycles. The molecule has 0 unspecified atom stereocenters. The number of nitro groups is 1. The number of carbonyl (C=O) groups excluding carboxylic acids is 3. The van der Waals surface area contributed by atoms with E-state index in [1.165, 1.54) is 59.5 Å². The van der Waals surface area contributed by atoms with E-state index in [-0.39, 0.29) is 40.3 Å². The fourth-order valence-electron chi connectivity index (χ4n) is 5.73. The summed E-state index contributed by atoms with van der Waals surface area (Å²) in [6.07, 6.45) is 1.86. The Morgan fingerprint density at radius 3 is 2.27 bits per heavy atom. The number of hydrogen-bond acceptors (Lipinski definition) is 6. The summed E-state index contributed by atoms with van der Waals surface area (Å²) in [5.74, 6) is -5.07. The number of rotatable bonds is 6. The summed E-state index contributed by atoms with van der Waals surface area (Å²) in [4.78, 5) is 55.2. The van der Waals surface area contributed by atoms with E-state index in [1.807, 2.05) is 14.1 Å². The van der Waals surface area contributed by atoms with Crippen LogP contribution in [0, 0.1) is 10.1 Å². The summed E-state index contributed by atoms with van der Waals surface area (Å²) < 4.78 is 31.3. The lowest BCUT2D eigenvalue weighted by Crippen LogP contribution is -2.44. The predicted molar refractivity (Wildman–Crippen MR) is 166 cm³/mol. The molecule has 10 nitrogen and oxygen atoms in total. The average Bonchev–Trinajstić information content (AvgIpc) is 3.14. The van der Waals surface area contributed by atoms with Gasteiger partial charge in [-0.1, -0.05) is 30.3 Å². The molecule has 45 heavy (non-hydrogen) atoms. The minimum atomic E-state index is -3.36. The number of alkyl halides is 2. The number of nitrogens with zero attached hydrogens (tertiary/aromatic N) is 4. The van der Waals surface area contributed by atoms with Crippen molar-refractivity contribution in [3.63, 3.8) is 0 Å². The Morgan fingerprint density at radius 1 is 0.956 bits per heavy atom. The van der Waals surface area contributed by atoms with Gasteiger partial charge in [-0.25, -0.2) is 8.78 Å². The van der Waals surface area contributed by atoms with Gasteiger partial charge in [0.15, 0.2) is 0 Å². The van der Waals surface area contributed by atoms with Crippen molar-refractivity contribution in [2.75, 3.05) is 43.9 Å². The summed E-state index contributed by atoms with van der Waals surface area (Å²) in [5.41, 5.74) is -0.0364. The van der Waals surface area contributed by atoms with Crippen LogP contribution in [-0.4, -0.2) is 78.1 Å². The second-order valence-electron chi connectivity index (χ2n) is 11.3. The molecule has 3 amide bonds. The Balaban J connectivity index is 1.37. The van der Waals surface area contributed by atoms with Crippen LogP contribution in [0.1, 0.15) is 45.5 Å². The summed E-state index contributed by atoms with van der Waals surface area (Å²) in [6, 6.07) is 18.0. The number of nitrogens with one attached hydrogen (secondary N) is 1. The number of nitro benzene ring substituents is 1. The van der Waals surface area contributed by atoms with E-state index < -0.39 is 40.6 Å². The summed E-state index contributed by atoms with van der Waals surface area (Å²) in [7, 11) is 3.96. The second-order valence-corrected chi connectivity index (χ2v) is 11.3. The van der Waals surface area contributed by atoms with Gasteiger partial charge in [0.25, 0.3) is 23.4 Å². The van der Waals surface area contributed by atoms with Gasteiger partial charge in [0, 0.05) is 66.6 Å². The molecular weight excluding hydrogens is 584 g/mol. The number of hydrogen-bond donors (Lipinski definition) is 1. The first-order valence-corrected chi connectivity index (χ1v) is 14.6. The number of fused-ring (bicyclic) bond motifs is 1. The zero-order valence-corrected chi connectivity index (χ0v) is 24.9. The summed E-state index contributed by atoms with van der Waals surface area (Å²) in [6.45, 7) is 0.655. The van der Waals surface area contributed by atoms with Crippen molar-refractivity contribution in [1.29, 1.82) is 0 Å². The monoisotopic (exact) mass is 617 g/mol. The third kappa shape index (κ3) is 6.75. The lowest BCUT2D eigenvalue weighted by atomic mass is 9.96. The molecule has 3 aromatic carbocycles. The first kappa shape index (κ1) is 31.5. The maximum absolute atomic E-state index is 15.7. The topological polar surface area (TPSA) is 116 Å². The molecule has 2 aliphatic heterocycles. The number of piperidine rings is 1. The zero-order valence-electron chi connectivity index (χ0n) is 24.9. The molecule has 0 atom stereocenters. The lowest BCUT2D eigenvalue weighted by molar-refractivity contribution is -0.385. The van der Waals surface area contributed by atoms with Gasteiger partial charge in [-0.15, -0.1) is 0 Å². The van der Waals surface area contributed by atoms with Crippen LogP contribution in [0.5, 0.6) is 0 Å². The highest BCUT2D eigenvalue weighted by molar-refractivity contribution is 6.10. The van der Waals surface area contributed by atoms with Crippen LogP contribution < -0.4 is 10.2 Å². The molecule has 3 aromatic rings. The van der Waals surface area contributed by atoms with Crippen LogP contribution in [-0.2, 0) is 4.79 Å². The molecule has 0 spiro atoms. The van der Waals surface area contributed by atoms with E-state index in [9.17, 15) is 24.5 Å². The van der Waals surface area contributed by atoms with Crippen molar-refractivity contribution >= 4 is 40.4 Å². The molecule has 2 aliphatic rings. The maximum Gasteiger partial charge on any atom is 0.282 e. The Morgan fingerprint density at radius 2 is 1.60 bits per heavy atom. The number of allylic oxidation sites excluding steroid dienone is 1. The number of halogens is 2. The largest absolute Gasteiger partial charge is 0.339 e. The minimum Gasteiger partial charge on any atom is -0.339 e. The fraction of sp³-hybridized carbons (Fsp3) is 0.303. The quantitative estimate of drug-likeness (QED) is 0.223. The number of para-hydroxylation sites is 2. The average molecular weight is 618 g/mol. The van der Waals surface area contributed by atoms with Gasteiger partial charge in [0.05, 0.1) is 10.6 Å². The van der Waals surface area contributed by atoms with E-state index in [1.54, 1.807) is 23.1 Å². The van der Waals surface area contributed by atoms with Gasteiger partial charge in [-0.3, -0.25) is 24.5 Å². The molecule has 0 radical (unpaired) electrons. The molecular formula is C33H33F2N5O5. The molecule has 12 heteroatoms. The Hall–Kier alpha value is -4.97. The van der Waals surface area contributed by atoms with Gasteiger partial charge in [0.2, 0.25) is 5.91 Å². The van der Waals surface area contributed by atoms with Crippen LogP contribution in [0.2, 0.25) is 0 Å². The number of benzene rings is 3. The van der Waals surface area contributed by atoms with Crippen molar-refractivity contribution in [3.8, 4) is 0 Å². The number of amides is 3. The fourth-order valence-corrected chi connectivity index (χ4v) is 5.73. The zero-order chi connectivity index (χ0) is 32.3. The van der Waals surface area contributed by atoms with E-state index in [0.29, 0.717) is 19.1 Å². The summed E-state index contributed by atoms with van der Waals surface area (Å²) >= 11 is 0. The molecule has 1 N–H and O–H groups in total. The molecule has 234 valence electrons. The van der Waals surface area contributed by atoms with Crippen LogP contribution in [0.4, 0.5) is 25.8 Å². The lowest BCUT2D eigenvalue weighted by Gasteiger charge is -2.35. The highest BCUT2D eigenvalue weighted by Crippen LogP contribution is 2.43. The van der Waals surface area contributed by atoms with Gasteiger partial charge in [-0.2, -0.15) is 0 Å². The Bertz CT molecular complexity index is 1650. The number of carbonyl (C=O) groups is 3. The van der Waals surface area contributed by atoms with E-state index >= 15 is 8.78 Å². The number of anilines is 2. The standard InChI is InChI=1S/C33H33F2N5O5/c1-37(2)24-15-18-38(19-16-24)30(41)21-27-25-7-3-5-9-28(25)39(20-17-33(27,34)35)32(43)22-11-13-23(14-12-22)36-31(42)26-8-4-6-10-29(26)40(44)45/h3-14,21,24H,15-20H2,1-2H3,(H,36,42). The third-order valence-corrected chi connectivity index (χ3v) is 8.28. The van der Waals surface area contributed by atoms with Crippen LogP contribution in [0.15, 0.2) is 78.9 Å². The molecule has 1 saturated heterocycles. The summed E-state index contributed by atoms with van der Waals surface area (Å²) in [5, 5.41) is 13.9. The maximum atomic E-state index is 15.7. The Kier molecular flexibility index (Phi) is 9.05. The van der Waals surface area contributed by atoms with E-state index in [0.717, 1.165) is 18.9 Å². The van der Waals surface area contributed by atoms with Crippen LogP contribution in [0.3, 0.4) is 0 Å². The van der Waals surface area contributed by atoms with Crippen molar-refractivity contribution in [3.05, 3.63) is 106 Å². The first-order chi connectivity index (χ1) is 21.5. The minimum absolute atomic E-state index is 0.109. The Labute approximate surface area is 259 Å². The molecule has 0 saturated carbocycles. The second kappa shape index (κ2) is 12.9. The van der Waals surface area contributed by atoms with Gasteiger partial charge < -0.3 is 20.0 Å². The van der Waals surface area contributed by atoms with E-state index in [2.05, 4.69) is 10.2 Å². The molecule has 0 aromatic heterocycles. The van der Waals surface area contributed by atoms with Crippen molar-refractivity contribution in [2.24, 2.45) is 0 Å². The van der Waals surface area contributed by atoms with Gasteiger partial charge >= 0.3 is 0 Å². The van der Waals surface area contributed by atoms with Crippen molar-refractivity contribution in [1.82, 2.24) is 9.80 Å². The van der Waals surface area contributed by atoms with Gasteiger partial charge in [-0.05, 0) is 63.3 Å². The number of likely N-dealkylation sites (tertiary alicyclic amines) is 1. The molecule has 5 rings (SSSR count). The first-order valence-electron chi connectivity index (χ1n) is 14.6. The van der Waals surface area contributed by atoms with Crippen LogP contribution >= 0.6 is 0 Å². The predicted octanol–water partition coefficient (Wildman–Crippen LogP) is 5.47.